The second-order valence-electron chi connectivity index (χ2n) is 5.39. The molecule has 22 heavy (non-hydrogen) atoms. The molecular formula is C17H19ClN4. The van der Waals surface area contributed by atoms with Crippen LogP contribution in [0.2, 0.25) is 5.02 Å². The lowest BCUT2D eigenvalue weighted by Gasteiger charge is -2.11. The Hall–Kier alpha value is -2.07. The van der Waals surface area contributed by atoms with Crippen molar-refractivity contribution in [2.75, 3.05) is 7.05 Å². The maximum atomic E-state index is 6.05. The predicted octanol–water partition coefficient (Wildman–Crippen LogP) is 2.96. The van der Waals surface area contributed by atoms with Crippen LogP contribution in [0.25, 0.3) is 0 Å². The zero-order valence-corrected chi connectivity index (χ0v) is 13.2. The molecule has 2 unspecified atom stereocenters. The molecule has 1 heterocycles. The number of hydrogen-bond acceptors (Lipinski definition) is 2. The molecule has 0 amide bonds. The minimum absolute atomic E-state index is 0.411. The van der Waals surface area contributed by atoms with Crippen LogP contribution in [0.5, 0.6) is 0 Å². The average Bonchev–Trinajstić information content (AvgIpc) is 3.32. The van der Waals surface area contributed by atoms with Crippen molar-refractivity contribution in [2.24, 2.45) is 4.99 Å². The van der Waals surface area contributed by atoms with Gasteiger partial charge in [-0.1, -0.05) is 29.8 Å². The fourth-order valence-electron chi connectivity index (χ4n) is 2.51. The van der Waals surface area contributed by atoms with E-state index in [-0.39, 0.29) is 0 Å². The Balaban J connectivity index is 1.52. The topological polar surface area (TPSA) is 49.3 Å². The highest BCUT2D eigenvalue weighted by atomic mass is 35.5. The fraction of sp³-hybridized carbons (Fsp3) is 0.294. The van der Waals surface area contributed by atoms with Gasteiger partial charge in [0.25, 0.3) is 0 Å². The summed E-state index contributed by atoms with van der Waals surface area (Å²) in [5.74, 6) is 1.31. The van der Waals surface area contributed by atoms with Crippen LogP contribution in [0.15, 0.2) is 53.7 Å². The molecule has 1 aromatic carbocycles. The number of aliphatic imine (C=N–C) groups is 1. The number of guanidine groups is 1. The summed E-state index contributed by atoms with van der Waals surface area (Å²) in [4.78, 5) is 8.56. The van der Waals surface area contributed by atoms with Crippen molar-refractivity contribution in [3.8, 4) is 0 Å². The number of aromatic nitrogens is 1. The van der Waals surface area contributed by atoms with Gasteiger partial charge in [-0.25, -0.2) is 0 Å². The van der Waals surface area contributed by atoms with Gasteiger partial charge in [-0.15, -0.1) is 0 Å². The highest BCUT2D eigenvalue weighted by molar-refractivity contribution is 6.30. The molecule has 1 aliphatic rings. The van der Waals surface area contributed by atoms with Crippen LogP contribution in [0.4, 0.5) is 0 Å². The molecule has 3 rings (SSSR count). The minimum Gasteiger partial charge on any atom is -0.353 e. The summed E-state index contributed by atoms with van der Waals surface area (Å²) in [6.07, 6.45) is 2.90. The van der Waals surface area contributed by atoms with Crippen LogP contribution in [0.3, 0.4) is 0 Å². The summed E-state index contributed by atoms with van der Waals surface area (Å²) in [6.45, 7) is 0.662. The first-order valence-electron chi connectivity index (χ1n) is 7.39. The van der Waals surface area contributed by atoms with Gasteiger partial charge in [0.1, 0.15) is 0 Å². The van der Waals surface area contributed by atoms with E-state index in [1.165, 1.54) is 5.56 Å². The first-order chi connectivity index (χ1) is 10.8. The molecule has 4 nitrogen and oxygen atoms in total. The van der Waals surface area contributed by atoms with Crippen LogP contribution in [-0.2, 0) is 6.54 Å². The van der Waals surface area contributed by atoms with E-state index < -0.39 is 0 Å². The molecular weight excluding hydrogens is 296 g/mol. The maximum Gasteiger partial charge on any atom is 0.191 e. The molecule has 2 N–H and O–H groups in total. The van der Waals surface area contributed by atoms with Gasteiger partial charge in [-0.2, -0.15) is 0 Å². The highest BCUT2D eigenvalue weighted by Gasteiger charge is 2.39. The summed E-state index contributed by atoms with van der Waals surface area (Å²) in [5, 5.41) is 7.53. The second kappa shape index (κ2) is 6.79. The highest BCUT2D eigenvalue weighted by Crippen LogP contribution is 2.41. The molecule has 114 valence electrons. The van der Waals surface area contributed by atoms with Gasteiger partial charge in [0.15, 0.2) is 5.96 Å². The molecule has 0 radical (unpaired) electrons. The van der Waals surface area contributed by atoms with E-state index >= 15 is 0 Å². The average molecular weight is 315 g/mol. The Labute approximate surface area is 135 Å². The van der Waals surface area contributed by atoms with Crippen molar-refractivity contribution < 1.29 is 0 Å². The Morgan fingerprint density at radius 2 is 2.23 bits per heavy atom. The number of benzene rings is 1. The van der Waals surface area contributed by atoms with Gasteiger partial charge in [0.05, 0.1) is 12.2 Å². The molecule has 2 aromatic rings. The zero-order chi connectivity index (χ0) is 15.4. The molecule has 1 fully saturated rings. The standard InChI is InChI=1S/C17H19ClN4/c1-19-17(21-11-14-7-2-3-8-20-14)22-16-10-15(16)12-5-4-6-13(18)9-12/h2-9,15-16H,10-11H2,1H3,(H2,19,21,22). The lowest BCUT2D eigenvalue weighted by atomic mass is 10.1. The van der Waals surface area contributed by atoms with E-state index in [0.29, 0.717) is 18.5 Å². The lowest BCUT2D eigenvalue weighted by Crippen LogP contribution is -2.38. The van der Waals surface area contributed by atoms with E-state index in [9.17, 15) is 0 Å². The molecule has 1 aromatic heterocycles. The van der Waals surface area contributed by atoms with Crippen molar-refractivity contribution >= 4 is 17.6 Å². The number of pyridine rings is 1. The van der Waals surface area contributed by atoms with E-state index in [2.05, 4.69) is 26.7 Å². The molecule has 0 aliphatic heterocycles. The van der Waals surface area contributed by atoms with E-state index in [0.717, 1.165) is 23.1 Å². The number of halogens is 1. The van der Waals surface area contributed by atoms with Crippen molar-refractivity contribution in [1.29, 1.82) is 0 Å². The van der Waals surface area contributed by atoms with E-state index in [1.54, 1.807) is 13.2 Å². The first kappa shape index (κ1) is 14.9. The van der Waals surface area contributed by atoms with Crippen molar-refractivity contribution in [1.82, 2.24) is 15.6 Å². The number of nitrogens with one attached hydrogen (secondary N) is 2. The van der Waals surface area contributed by atoms with Crippen LogP contribution < -0.4 is 10.6 Å². The lowest BCUT2D eigenvalue weighted by molar-refractivity contribution is 0.779. The smallest absolute Gasteiger partial charge is 0.191 e. The van der Waals surface area contributed by atoms with Crippen LogP contribution in [0.1, 0.15) is 23.6 Å². The third-order valence-electron chi connectivity index (χ3n) is 3.78. The molecule has 0 spiro atoms. The fourth-order valence-corrected chi connectivity index (χ4v) is 2.71. The van der Waals surface area contributed by atoms with Gasteiger partial charge in [0, 0.05) is 30.2 Å². The van der Waals surface area contributed by atoms with Crippen LogP contribution in [0, 0.1) is 0 Å². The number of nitrogens with zero attached hydrogens (tertiary/aromatic N) is 2. The quantitative estimate of drug-likeness (QED) is 0.674. The van der Waals surface area contributed by atoms with Gasteiger partial charge < -0.3 is 10.6 Å². The monoisotopic (exact) mass is 314 g/mol. The third-order valence-corrected chi connectivity index (χ3v) is 4.01. The van der Waals surface area contributed by atoms with Crippen molar-refractivity contribution in [3.05, 3.63) is 64.9 Å². The summed E-state index contributed by atoms with van der Waals surface area (Å²) >= 11 is 6.05. The molecule has 2 atom stereocenters. The predicted molar refractivity (Wildman–Crippen MR) is 90.2 cm³/mol. The van der Waals surface area contributed by atoms with Crippen LogP contribution in [-0.4, -0.2) is 24.0 Å². The summed E-state index contributed by atoms with van der Waals surface area (Å²) in [7, 11) is 1.78. The zero-order valence-electron chi connectivity index (χ0n) is 12.5. The van der Waals surface area contributed by atoms with E-state index in [4.69, 9.17) is 11.6 Å². The number of rotatable bonds is 4. The SMILES string of the molecule is CN=C(NCc1ccccn1)NC1CC1c1cccc(Cl)c1. The van der Waals surface area contributed by atoms with Crippen LogP contribution >= 0.6 is 11.6 Å². The van der Waals surface area contributed by atoms with E-state index in [1.807, 2.05) is 36.4 Å². The molecule has 1 aliphatic carbocycles. The molecule has 0 bridgehead atoms. The Morgan fingerprint density at radius 3 is 2.95 bits per heavy atom. The van der Waals surface area contributed by atoms with Gasteiger partial charge >= 0.3 is 0 Å². The van der Waals surface area contributed by atoms with Gasteiger partial charge in [-0.3, -0.25) is 9.98 Å². The number of hydrogen-bond donors (Lipinski definition) is 2. The minimum atomic E-state index is 0.411. The molecule has 0 saturated heterocycles. The van der Waals surface area contributed by atoms with Gasteiger partial charge in [-0.05, 0) is 36.2 Å². The summed E-state index contributed by atoms with van der Waals surface area (Å²) < 4.78 is 0. The normalized spacial score (nSPS) is 20.5. The van der Waals surface area contributed by atoms with Crippen molar-refractivity contribution in [2.45, 2.75) is 24.9 Å². The second-order valence-corrected chi connectivity index (χ2v) is 5.83. The Morgan fingerprint density at radius 1 is 1.32 bits per heavy atom. The molecule has 5 heteroatoms. The van der Waals surface area contributed by atoms with Crippen molar-refractivity contribution in [3.63, 3.8) is 0 Å². The summed E-state index contributed by atoms with van der Waals surface area (Å²) in [6, 6.07) is 14.4. The summed E-state index contributed by atoms with van der Waals surface area (Å²) in [5.41, 5.74) is 2.28. The van der Waals surface area contributed by atoms with Gasteiger partial charge in [0.2, 0.25) is 0 Å². The third kappa shape index (κ3) is 3.77. The Bertz CT molecular complexity index is 657. The maximum absolute atomic E-state index is 6.05. The first-order valence-corrected chi connectivity index (χ1v) is 7.76. The Kier molecular flexibility index (Phi) is 4.59. The molecule has 1 saturated carbocycles. The largest absolute Gasteiger partial charge is 0.353 e.